The van der Waals surface area contributed by atoms with Crippen molar-refractivity contribution in [2.75, 3.05) is 28.2 Å². The number of hydrogen-bond acceptors (Lipinski definition) is 2. The molecule has 248 valence electrons. The van der Waals surface area contributed by atoms with E-state index in [-0.39, 0.29) is 48.0 Å². The zero-order valence-corrected chi connectivity index (χ0v) is 37.0. The Morgan fingerprint density at radius 1 is 0.333 bits per heavy atom. The first kappa shape index (κ1) is 40.7. The third-order valence-corrected chi connectivity index (χ3v) is 20.5. The molecule has 0 N–H and O–H groups in total. The molecule has 0 heterocycles. The second kappa shape index (κ2) is 21.5. The predicted octanol–water partition coefficient (Wildman–Crippen LogP) is -1.46. The van der Waals surface area contributed by atoms with Crippen molar-refractivity contribution in [2.24, 2.45) is 0 Å². The molecule has 6 aromatic rings. The van der Waals surface area contributed by atoms with Gasteiger partial charge in [0.25, 0.3) is 0 Å². The molecule has 0 aliphatic carbocycles. The number of halogens is 2. The molecule has 0 unspecified atom stereocenters. The topological polar surface area (TPSA) is 6.48 Å². The van der Waals surface area contributed by atoms with Crippen molar-refractivity contribution in [2.45, 2.75) is 13.1 Å². The number of rotatable bonds is 10. The Kier molecular flexibility index (Phi) is 18.2. The van der Waals surface area contributed by atoms with Gasteiger partial charge in [-0.15, -0.1) is 0 Å². The van der Waals surface area contributed by atoms with Gasteiger partial charge in [-0.25, -0.2) is 0 Å². The first-order chi connectivity index (χ1) is 22.5. The standard InChI is InChI=1S/2C21H22NTe.2HI/c2*1-22(2)17-18-11-9-10-16-21(18)23(19-12-5-3-6-13-19)20-14-7-4-8-15-20;;/h2*3-16H,17H2,1-2H3;2*1H/q2*+1;;/p-2. The van der Waals surface area contributed by atoms with E-state index in [9.17, 15) is 0 Å². The Morgan fingerprint density at radius 3 is 0.812 bits per heavy atom. The zero-order valence-electron chi connectivity index (χ0n) is 28.0. The summed E-state index contributed by atoms with van der Waals surface area (Å²) in [4.78, 5) is 4.51. The molecule has 0 amide bonds. The molecule has 0 fully saturated rings. The Labute approximate surface area is 336 Å². The molecule has 2 nitrogen and oxygen atoms in total. The SMILES string of the molecule is CN(C)Cc1ccccc1[Te+](c1ccccc1)c1ccccc1.CN(C)Cc1ccccc1[Te+](c1ccccc1)c1ccccc1.[I-].[I-]. The number of hydrogen-bond donors (Lipinski definition) is 0. The van der Waals surface area contributed by atoms with Gasteiger partial charge in [0.05, 0.1) is 0 Å². The molecule has 0 spiro atoms. The summed E-state index contributed by atoms with van der Waals surface area (Å²) in [5.41, 5.74) is 2.92. The first-order valence-electron chi connectivity index (χ1n) is 15.7. The second-order valence-corrected chi connectivity index (χ2v) is 22.9. The monoisotopic (exact) mass is 1090 g/mol. The fourth-order valence-corrected chi connectivity index (χ4v) is 18.2. The van der Waals surface area contributed by atoms with Crippen LogP contribution in [0.15, 0.2) is 170 Å². The van der Waals surface area contributed by atoms with E-state index in [4.69, 9.17) is 0 Å². The third kappa shape index (κ3) is 11.7. The van der Waals surface area contributed by atoms with Gasteiger partial charge >= 0.3 is 293 Å². The Hall–Kier alpha value is -1.72. The summed E-state index contributed by atoms with van der Waals surface area (Å²) in [7, 11) is 8.56. The van der Waals surface area contributed by atoms with Crippen molar-refractivity contribution in [1.29, 1.82) is 0 Å². The van der Waals surface area contributed by atoms with Gasteiger partial charge in [-0.3, -0.25) is 0 Å². The van der Waals surface area contributed by atoms with E-state index in [2.05, 4.69) is 208 Å². The van der Waals surface area contributed by atoms with Crippen LogP contribution in [0.1, 0.15) is 11.1 Å². The van der Waals surface area contributed by atoms with E-state index in [1.54, 1.807) is 7.22 Å². The maximum Gasteiger partial charge on any atom is -1.00 e. The minimum absolute atomic E-state index is 0. The van der Waals surface area contributed by atoms with Crippen LogP contribution in [0, 0.1) is 0 Å². The first-order valence-corrected chi connectivity index (χ1v) is 22.6. The summed E-state index contributed by atoms with van der Waals surface area (Å²) >= 11 is -3.63. The van der Waals surface area contributed by atoms with Gasteiger partial charge in [-0.2, -0.15) is 0 Å². The molecule has 6 heteroatoms. The summed E-state index contributed by atoms with van der Waals surface area (Å²) in [6.45, 7) is 1.99. The van der Waals surface area contributed by atoms with Crippen LogP contribution in [0.25, 0.3) is 0 Å². The molecule has 0 aliphatic heterocycles. The van der Waals surface area contributed by atoms with Crippen molar-refractivity contribution in [3.63, 3.8) is 0 Å². The summed E-state index contributed by atoms with van der Waals surface area (Å²) in [5, 5.41) is 0. The van der Waals surface area contributed by atoms with Gasteiger partial charge in [-0.1, -0.05) is 0 Å². The van der Waals surface area contributed by atoms with Crippen LogP contribution in [0.4, 0.5) is 0 Å². The average molecular weight is 1090 g/mol. The molecule has 0 atom stereocenters. The van der Waals surface area contributed by atoms with Gasteiger partial charge in [0.2, 0.25) is 0 Å². The van der Waals surface area contributed by atoms with Crippen molar-refractivity contribution < 1.29 is 48.0 Å². The van der Waals surface area contributed by atoms with Crippen LogP contribution in [0.2, 0.25) is 0 Å². The number of benzene rings is 6. The van der Waals surface area contributed by atoms with Crippen molar-refractivity contribution in [3.05, 3.63) is 181 Å². The average Bonchev–Trinajstić information content (AvgIpc) is 3.08. The summed E-state index contributed by atoms with van der Waals surface area (Å²) in [5.74, 6) is 0. The van der Waals surface area contributed by atoms with Gasteiger partial charge in [-0.05, 0) is 0 Å². The van der Waals surface area contributed by atoms with E-state index < -0.39 is 39.1 Å². The normalized spacial score (nSPS) is 10.7. The molecular weight excluding hydrogens is 1040 g/mol. The molecule has 0 radical (unpaired) electrons. The van der Waals surface area contributed by atoms with Crippen molar-refractivity contribution in [3.8, 4) is 0 Å². The molecule has 6 rings (SSSR count). The molecule has 0 bridgehead atoms. The fourth-order valence-electron chi connectivity index (χ4n) is 5.35. The molecule has 48 heavy (non-hydrogen) atoms. The second-order valence-electron chi connectivity index (χ2n) is 11.6. The van der Waals surface area contributed by atoms with E-state index in [1.807, 2.05) is 0 Å². The molecule has 0 saturated heterocycles. The van der Waals surface area contributed by atoms with E-state index >= 15 is 0 Å². The summed E-state index contributed by atoms with van der Waals surface area (Å²) in [6.07, 6.45) is 0. The van der Waals surface area contributed by atoms with E-state index in [0.717, 1.165) is 13.1 Å². The molecule has 0 aliphatic rings. The summed E-state index contributed by atoms with van der Waals surface area (Å²) in [6, 6.07) is 62.1. The maximum absolute atomic E-state index is 2.34. The van der Waals surface area contributed by atoms with Crippen molar-refractivity contribution >= 4 is 60.8 Å². The largest absolute Gasteiger partial charge is 1.00 e. The van der Waals surface area contributed by atoms with Gasteiger partial charge in [0.1, 0.15) is 0 Å². The number of nitrogens with zero attached hydrogens (tertiary/aromatic N) is 2. The van der Waals surface area contributed by atoms with Gasteiger partial charge in [0, 0.05) is 0 Å². The minimum Gasteiger partial charge on any atom is -1.00 e. The van der Waals surface area contributed by atoms with Crippen LogP contribution in [-0.2, 0) is 13.1 Å². The van der Waals surface area contributed by atoms with Gasteiger partial charge in [0.15, 0.2) is 0 Å². The molecule has 6 aromatic carbocycles. The maximum atomic E-state index is 2.34. The molecule has 0 saturated carbocycles. The van der Waals surface area contributed by atoms with Crippen LogP contribution in [-0.4, -0.2) is 77.1 Å². The quantitative estimate of drug-likeness (QED) is 0.123. The third-order valence-electron chi connectivity index (χ3n) is 7.27. The van der Waals surface area contributed by atoms with Crippen LogP contribution >= 0.6 is 0 Å². The smallest absolute Gasteiger partial charge is 1.00 e. The summed E-state index contributed by atoms with van der Waals surface area (Å²) < 4.78 is 9.15. The Morgan fingerprint density at radius 2 is 0.562 bits per heavy atom. The van der Waals surface area contributed by atoms with Crippen LogP contribution < -0.4 is 69.6 Å². The van der Waals surface area contributed by atoms with E-state index in [0.29, 0.717) is 0 Å². The van der Waals surface area contributed by atoms with Crippen molar-refractivity contribution in [1.82, 2.24) is 9.80 Å². The molecule has 0 aromatic heterocycles. The Balaban J connectivity index is 0.000000250. The van der Waals surface area contributed by atoms with Crippen LogP contribution in [0.3, 0.4) is 0 Å². The Bertz CT molecular complexity index is 1540. The molecular formula is C42H44I2N2Te2. The van der Waals surface area contributed by atoms with Crippen LogP contribution in [0.5, 0.6) is 0 Å². The minimum atomic E-state index is -1.82. The van der Waals surface area contributed by atoms with E-state index in [1.165, 1.54) is 25.6 Å². The fraction of sp³-hybridized carbons (Fsp3) is 0.143. The van der Waals surface area contributed by atoms with Gasteiger partial charge < -0.3 is 48.0 Å². The zero-order chi connectivity index (χ0) is 32.1. The predicted molar refractivity (Wildman–Crippen MR) is 203 cm³/mol.